The van der Waals surface area contributed by atoms with Gasteiger partial charge in [0.2, 0.25) is 0 Å². The maximum Gasteiger partial charge on any atom is 0.270 e. The fourth-order valence-electron chi connectivity index (χ4n) is 3.40. The molecule has 24 heavy (non-hydrogen) atoms. The summed E-state index contributed by atoms with van der Waals surface area (Å²) in [6.45, 7) is 1.26. The molecule has 2 aliphatic rings. The average Bonchev–Trinajstić information content (AvgIpc) is 3.42. The minimum absolute atomic E-state index is 0.0936. The van der Waals surface area contributed by atoms with Gasteiger partial charge in [-0.3, -0.25) is 9.59 Å². The highest BCUT2D eigenvalue weighted by molar-refractivity contribution is 5.92. The first-order valence-electron chi connectivity index (χ1n) is 8.43. The number of aromatic nitrogens is 3. The number of hydrogen-bond donors (Lipinski definition) is 0. The third-order valence-corrected chi connectivity index (χ3v) is 4.97. The molecule has 0 saturated heterocycles. The molecule has 2 aromatic heterocycles. The van der Waals surface area contributed by atoms with Gasteiger partial charge in [-0.15, -0.1) is 0 Å². The van der Waals surface area contributed by atoms with Gasteiger partial charge in [0, 0.05) is 44.2 Å². The van der Waals surface area contributed by atoms with Crippen molar-refractivity contribution < 1.29 is 4.79 Å². The highest BCUT2D eigenvalue weighted by Crippen LogP contribution is 2.41. The predicted molar refractivity (Wildman–Crippen MR) is 89.0 cm³/mol. The fraction of sp³-hybridized carbons (Fsp3) is 0.444. The maximum absolute atomic E-state index is 12.8. The van der Waals surface area contributed by atoms with Crippen molar-refractivity contribution in [3.8, 4) is 0 Å². The smallest absolute Gasteiger partial charge is 0.270 e. The molecule has 1 aliphatic carbocycles. The van der Waals surface area contributed by atoms with E-state index in [0.29, 0.717) is 24.7 Å². The van der Waals surface area contributed by atoms with Crippen molar-refractivity contribution in [3.05, 3.63) is 57.5 Å². The lowest BCUT2D eigenvalue weighted by atomic mass is 10.0. The van der Waals surface area contributed by atoms with Crippen LogP contribution < -0.4 is 5.56 Å². The quantitative estimate of drug-likeness (QED) is 0.835. The summed E-state index contributed by atoms with van der Waals surface area (Å²) < 4.78 is 1.41. The molecule has 6 heteroatoms. The van der Waals surface area contributed by atoms with Crippen LogP contribution in [0.3, 0.4) is 0 Å². The van der Waals surface area contributed by atoms with Crippen molar-refractivity contribution in [2.45, 2.75) is 31.6 Å². The number of nitrogens with zero attached hydrogens (tertiary/aromatic N) is 4. The van der Waals surface area contributed by atoms with Crippen molar-refractivity contribution in [2.24, 2.45) is 7.05 Å². The van der Waals surface area contributed by atoms with Crippen LogP contribution in [0.4, 0.5) is 0 Å². The highest BCUT2D eigenvalue weighted by atomic mass is 16.2. The molecule has 0 N–H and O–H groups in total. The maximum atomic E-state index is 12.8. The molecule has 0 spiro atoms. The third-order valence-electron chi connectivity index (χ3n) is 4.97. The van der Waals surface area contributed by atoms with E-state index in [1.807, 2.05) is 4.90 Å². The molecule has 0 bridgehead atoms. The molecule has 0 aromatic carbocycles. The zero-order valence-corrected chi connectivity index (χ0v) is 13.7. The van der Waals surface area contributed by atoms with Crippen molar-refractivity contribution in [1.29, 1.82) is 0 Å². The summed E-state index contributed by atoms with van der Waals surface area (Å²) in [5, 5.41) is 0. The Hall–Kier alpha value is -2.50. The van der Waals surface area contributed by atoms with Gasteiger partial charge in [-0.1, -0.05) is 6.07 Å². The number of amides is 1. The van der Waals surface area contributed by atoms with Gasteiger partial charge in [0.05, 0.1) is 5.69 Å². The standard InChI is InChI=1S/C18H20N4O2/c1-21-15(3-2-4-16(21)23)18(24)22-9-7-13-14(8-10-22)19-11-20-17(13)12-5-6-12/h2-4,11-12H,5-10H2,1H3. The number of hydrogen-bond acceptors (Lipinski definition) is 4. The molecule has 0 unspecified atom stereocenters. The molecule has 1 saturated carbocycles. The Morgan fingerprint density at radius 2 is 1.96 bits per heavy atom. The van der Waals surface area contributed by atoms with Crippen LogP contribution in [0.15, 0.2) is 29.3 Å². The molecule has 6 nitrogen and oxygen atoms in total. The van der Waals surface area contributed by atoms with Crippen LogP contribution >= 0.6 is 0 Å². The second-order valence-electron chi connectivity index (χ2n) is 6.56. The minimum atomic E-state index is -0.166. The lowest BCUT2D eigenvalue weighted by molar-refractivity contribution is 0.0752. The van der Waals surface area contributed by atoms with Crippen molar-refractivity contribution in [3.63, 3.8) is 0 Å². The van der Waals surface area contributed by atoms with Gasteiger partial charge in [-0.2, -0.15) is 0 Å². The summed E-state index contributed by atoms with van der Waals surface area (Å²) in [5.41, 5.74) is 3.76. The molecule has 2 aromatic rings. The van der Waals surface area contributed by atoms with Gasteiger partial charge in [0.15, 0.2) is 0 Å². The molecule has 4 rings (SSSR count). The second kappa shape index (κ2) is 5.85. The highest BCUT2D eigenvalue weighted by Gasteiger charge is 2.31. The first kappa shape index (κ1) is 15.1. The summed E-state index contributed by atoms with van der Waals surface area (Å²) in [6.07, 6.45) is 5.60. The normalized spacial score (nSPS) is 17.3. The molecule has 3 heterocycles. The van der Waals surface area contributed by atoms with Crippen LogP contribution in [-0.4, -0.2) is 38.4 Å². The van der Waals surface area contributed by atoms with Gasteiger partial charge >= 0.3 is 0 Å². The van der Waals surface area contributed by atoms with Crippen molar-refractivity contribution in [1.82, 2.24) is 19.4 Å². The van der Waals surface area contributed by atoms with Gasteiger partial charge in [0.25, 0.3) is 11.5 Å². The number of rotatable bonds is 2. The Labute approximate surface area is 140 Å². The minimum Gasteiger partial charge on any atom is -0.337 e. The first-order chi connectivity index (χ1) is 11.6. The van der Waals surface area contributed by atoms with E-state index in [4.69, 9.17) is 0 Å². The molecular formula is C18H20N4O2. The molecular weight excluding hydrogens is 304 g/mol. The Morgan fingerprint density at radius 1 is 1.17 bits per heavy atom. The van der Waals surface area contributed by atoms with Gasteiger partial charge < -0.3 is 9.47 Å². The van der Waals surface area contributed by atoms with Crippen LogP contribution in [0.25, 0.3) is 0 Å². The van der Waals surface area contributed by atoms with E-state index < -0.39 is 0 Å². The van der Waals surface area contributed by atoms with Crippen LogP contribution in [0, 0.1) is 0 Å². The Bertz CT molecular complexity index is 854. The van der Waals surface area contributed by atoms with E-state index in [0.717, 1.165) is 18.5 Å². The van der Waals surface area contributed by atoms with Gasteiger partial charge in [-0.25, -0.2) is 9.97 Å². The van der Waals surface area contributed by atoms with E-state index >= 15 is 0 Å². The topological polar surface area (TPSA) is 68.1 Å². The SMILES string of the molecule is Cn1c(C(=O)N2CCc3ncnc(C4CC4)c3CC2)cccc1=O. The number of fused-ring (bicyclic) bond motifs is 1. The Kier molecular flexibility index (Phi) is 3.67. The zero-order valence-electron chi connectivity index (χ0n) is 13.7. The van der Waals surface area contributed by atoms with Crippen LogP contribution in [0.1, 0.15) is 46.2 Å². The zero-order chi connectivity index (χ0) is 16.7. The first-order valence-corrected chi connectivity index (χ1v) is 8.43. The fourth-order valence-corrected chi connectivity index (χ4v) is 3.40. The van der Waals surface area contributed by atoms with Gasteiger partial charge in [0.1, 0.15) is 12.0 Å². The molecule has 1 fully saturated rings. The Balaban J connectivity index is 1.59. The number of pyridine rings is 1. The summed E-state index contributed by atoms with van der Waals surface area (Å²) in [5.74, 6) is 0.489. The lowest BCUT2D eigenvalue weighted by Gasteiger charge is -2.21. The van der Waals surface area contributed by atoms with E-state index in [1.54, 1.807) is 25.5 Å². The van der Waals surface area contributed by atoms with Crippen molar-refractivity contribution >= 4 is 5.91 Å². The number of carbonyl (C=O) groups excluding carboxylic acids is 1. The Morgan fingerprint density at radius 3 is 2.75 bits per heavy atom. The summed E-state index contributed by atoms with van der Waals surface area (Å²) >= 11 is 0. The van der Waals surface area contributed by atoms with Gasteiger partial charge in [-0.05, 0) is 30.9 Å². The number of carbonyl (C=O) groups is 1. The van der Waals surface area contributed by atoms with Crippen molar-refractivity contribution in [2.75, 3.05) is 13.1 Å². The summed E-state index contributed by atoms with van der Waals surface area (Å²) in [7, 11) is 1.64. The lowest BCUT2D eigenvalue weighted by Crippen LogP contribution is -2.36. The summed E-state index contributed by atoms with van der Waals surface area (Å²) in [6, 6.07) is 4.81. The summed E-state index contributed by atoms with van der Waals surface area (Å²) in [4.78, 5) is 35.4. The van der Waals surface area contributed by atoms with Crippen LogP contribution in [0.2, 0.25) is 0 Å². The van der Waals surface area contributed by atoms with Crippen LogP contribution in [0.5, 0.6) is 0 Å². The average molecular weight is 324 g/mol. The molecule has 1 aliphatic heterocycles. The second-order valence-corrected chi connectivity index (χ2v) is 6.56. The predicted octanol–water partition coefficient (Wildman–Crippen LogP) is 1.29. The van der Waals surface area contributed by atoms with E-state index in [1.165, 1.54) is 34.7 Å². The van der Waals surface area contributed by atoms with E-state index in [2.05, 4.69) is 9.97 Å². The van der Waals surface area contributed by atoms with E-state index in [-0.39, 0.29) is 11.5 Å². The van der Waals surface area contributed by atoms with E-state index in [9.17, 15) is 9.59 Å². The molecule has 0 atom stereocenters. The molecule has 1 amide bonds. The molecule has 124 valence electrons. The van der Waals surface area contributed by atoms with Crippen LogP contribution in [-0.2, 0) is 19.9 Å². The largest absolute Gasteiger partial charge is 0.337 e. The third kappa shape index (κ3) is 2.62. The molecule has 0 radical (unpaired) electrons. The monoisotopic (exact) mass is 324 g/mol.